The van der Waals surface area contributed by atoms with Crippen LogP contribution in [0.15, 0.2) is 42.5 Å². The van der Waals surface area contributed by atoms with E-state index in [0.29, 0.717) is 24.2 Å². The molecule has 2 aromatic carbocycles. The maximum atomic E-state index is 13.0. The summed E-state index contributed by atoms with van der Waals surface area (Å²) in [5.74, 6) is -0.779. The second kappa shape index (κ2) is 10.1. The van der Waals surface area contributed by atoms with Crippen molar-refractivity contribution in [1.82, 2.24) is 4.90 Å². The van der Waals surface area contributed by atoms with Crippen molar-refractivity contribution < 1.29 is 32.2 Å². The SMILES string of the molecule is CC(C)(C)OC(=O)N1CCCCC1C(=O)Nc1ccc(-c2ccccc2OC(F)(F)F)c(Cl)c1. The molecule has 34 heavy (non-hydrogen) atoms. The summed E-state index contributed by atoms with van der Waals surface area (Å²) in [6.45, 7) is 5.67. The van der Waals surface area contributed by atoms with Crippen LogP contribution in [0.4, 0.5) is 23.7 Å². The Morgan fingerprint density at radius 3 is 2.41 bits per heavy atom. The summed E-state index contributed by atoms with van der Waals surface area (Å²) in [6, 6.07) is 9.42. The highest BCUT2D eigenvalue weighted by Crippen LogP contribution is 2.38. The number of hydrogen-bond acceptors (Lipinski definition) is 4. The van der Waals surface area contributed by atoms with E-state index in [0.717, 1.165) is 12.8 Å². The first-order chi connectivity index (χ1) is 15.8. The third-order valence-electron chi connectivity index (χ3n) is 5.07. The Balaban J connectivity index is 1.78. The Morgan fingerprint density at radius 2 is 1.76 bits per heavy atom. The van der Waals surface area contributed by atoms with E-state index < -0.39 is 30.0 Å². The van der Waals surface area contributed by atoms with E-state index in [4.69, 9.17) is 16.3 Å². The first-order valence-corrected chi connectivity index (χ1v) is 11.2. The van der Waals surface area contributed by atoms with E-state index in [2.05, 4.69) is 10.1 Å². The summed E-state index contributed by atoms with van der Waals surface area (Å²) in [5.41, 5.74) is 0.131. The number of alkyl halides is 3. The molecule has 1 aliphatic rings. The molecular formula is C24H26ClF3N2O4. The van der Waals surface area contributed by atoms with E-state index >= 15 is 0 Å². The van der Waals surface area contributed by atoms with Gasteiger partial charge in [-0.3, -0.25) is 9.69 Å². The topological polar surface area (TPSA) is 67.9 Å². The smallest absolute Gasteiger partial charge is 0.444 e. The maximum absolute atomic E-state index is 13.0. The molecule has 1 heterocycles. The highest BCUT2D eigenvalue weighted by atomic mass is 35.5. The predicted molar refractivity (Wildman–Crippen MR) is 123 cm³/mol. The van der Waals surface area contributed by atoms with E-state index in [9.17, 15) is 22.8 Å². The van der Waals surface area contributed by atoms with Gasteiger partial charge in [-0.1, -0.05) is 35.9 Å². The Bertz CT molecular complexity index is 1050. The van der Waals surface area contributed by atoms with Crippen molar-refractivity contribution in [3.8, 4) is 16.9 Å². The zero-order chi connectivity index (χ0) is 25.1. The quantitative estimate of drug-likeness (QED) is 0.513. The molecule has 184 valence electrons. The molecule has 0 saturated carbocycles. The molecule has 10 heteroatoms. The lowest BCUT2D eigenvalue weighted by Crippen LogP contribution is -2.51. The van der Waals surface area contributed by atoms with E-state index in [-0.39, 0.29) is 16.3 Å². The van der Waals surface area contributed by atoms with Crippen LogP contribution < -0.4 is 10.1 Å². The van der Waals surface area contributed by atoms with Crippen LogP contribution >= 0.6 is 11.6 Å². The van der Waals surface area contributed by atoms with Crippen molar-refractivity contribution in [1.29, 1.82) is 0 Å². The number of rotatable bonds is 4. The number of benzene rings is 2. The molecule has 0 spiro atoms. The van der Waals surface area contributed by atoms with Crippen molar-refractivity contribution in [2.24, 2.45) is 0 Å². The van der Waals surface area contributed by atoms with Gasteiger partial charge >= 0.3 is 12.5 Å². The third kappa shape index (κ3) is 6.79. The molecule has 1 fully saturated rings. The number of hydrogen-bond donors (Lipinski definition) is 1. The fraction of sp³-hybridized carbons (Fsp3) is 0.417. The number of carbonyl (C=O) groups excluding carboxylic acids is 2. The number of nitrogens with one attached hydrogen (secondary N) is 1. The van der Waals surface area contributed by atoms with Gasteiger partial charge in [0.05, 0.1) is 5.02 Å². The predicted octanol–water partition coefficient (Wildman–Crippen LogP) is 6.63. The highest BCUT2D eigenvalue weighted by molar-refractivity contribution is 6.33. The summed E-state index contributed by atoms with van der Waals surface area (Å²) < 4.78 is 47.8. The van der Waals surface area contributed by atoms with Gasteiger partial charge in [-0.2, -0.15) is 0 Å². The molecule has 0 aliphatic carbocycles. The lowest BCUT2D eigenvalue weighted by Gasteiger charge is -2.35. The van der Waals surface area contributed by atoms with Crippen LogP contribution in [-0.2, 0) is 9.53 Å². The number of ether oxygens (including phenoxy) is 2. The van der Waals surface area contributed by atoms with Gasteiger partial charge in [-0.25, -0.2) is 4.79 Å². The minimum absolute atomic E-state index is 0.128. The normalized spacial score (nSPS) is 16.7. The Hall–Kier alpha value is -2.94. The van der Waals surface area contributed by atoms with Crippen LogP contribution in [0.1, 0.15) is 40.0 Å². The minimum Gasteiger partial charge on any atom is -0.444 e. The molecule has 1 aliphatic heterocycles. The minimum atomic E-state index is -4.85. The fourth-order valence-electron chi connectivity index (χ4n) is 3.68. The monoisotopic (exact) mass is 498 g/mol. The van der Waals surface area contributed by atoms with Crippen LogP contribution in [0.5, 0.6) is 5.75 Å². The number of nitrogens with zero attached hydrogens (tertiary/aromatic N) is 1. The lowest BCUT2D eigenvalue weighted by atomic mass is 10.0. The van der Waals surface area contributed by atoms with Gasteiger partial charge < -0.3 is 14.8 Å². The highest BCUT2D eigenvalue weighted by Gasteiger charge is 2.35. The second-order valence-electron chi connectivity index (χ2n) is 8.91. The van der Waals surface area contributed by atoms with Crippen LogP contribution in [0.3, 0.4) is 0 Å². The zero-order valence-corrected chi connectivity index (χ0v) is 19.8. The van der Waals surface area contributed by atoms with Gasteiger partial charge in [0.15, 0.2) is 0 Å². The molecule has 2 aromatic rings. The van der Waals surface area contributed by atoms with Crippen molar-refractivity contribution >= 4 is 29.3 Å². The standard InChI is InChI=1S/C24H26ClF3N2O4/c1-23(2,3)34-22(32)30-13-7-6-9-19(30)21(31)29-15-11-12-16(18(25)14-15)17-8-4-5-10-20(17)33-24(26,27)28/h4-5,8,10-12,14,19H,6-7,9,13H2,1-3H3,(H,29,31). The molecule has 0 bridgehead atoms. The summed E-state index contributed by atoms with van der Waals surface area (Å²) >= 11 is 6.36. The van der Waals surface area contributed by atoms with Crippen molar-refractivity contribution in [3.63, 3.8) is 0 Å². The zero-order valence-electron chi connectivity index (χ0n) is 19.0. The van der Waals surface area contributed by atoms with Gasteiger partial charge in [0, 0.05) is 23.4 Å². The van der Waals surface area contributed by atoms with E-state index in [1.54, 1.807) is 26.8 Å². The number of piperidine rings is 1. The van der Waals surface area contributed by atoms with Gasteiger partial charge in [-0.15, -0.1) is 13.2 Å². The number of halogens is 4. The van der Waals surface area contributed by atoms with Gasteiger partial charge in [0.2, 0.25) is 5.91 Å². The number of para-hydroxylation sites is 1. The lowest BCUT2D eigenvalue weighted by molar-refractivity contribution is -0.274. The molecule has 2 amide bonds. The third-order valence-corrected chi connectivity index (χ3v) is 5.39. The number of anilines is 1. The molecule has 1 atom stereocenters. The van der Waals surface area contributed by atoms with Crippen LogP contribution in [0.25, 0.3) is 11.1 Å². The van der Waals surface area contributed by atoms with Crippen molar-refractivity contribution in [2.75, 3.05) is 11.9 Å². The molecule has 1 saturated heterocycles. The van der Waals surface area contributed by atoms with Gasteiger partial charge in [0.1, 0.15) is 17.4 Å². The summed E-state index contributed by atoms with van der Waals surface area (Å²) in [7, 11) is 0. The Kier molecular flexibility index (Phi) is 7.65. The largest absolute Gasteiger partial charge is 0.573 e. The number of carbonyl (C=O) groups is 2. The first kappa shape index (κ1) is 25.7. The summed E-state index contributed by atoms with van der Waals surface area (Å²) in [5, 5.41) is 2.88. The first-order valence-electron chi connectivity index (χ1n) is 10.8. The maximum Gasteiger partial charge on any atom is 0.573 e. The summed E-state index contributed by atoms with van der Waals surface area (Å²) in [6.07, 6.45) is -3.37. The Labute approximate surface area is 201 Å². The number of amides is 2. The van der Waals surface area contributed by atoms with Crippen LogP contribution in [0.2, 0.25) is 5.02 Å². The molecule has 0 radical (unpaired) electrons. The van der Waals surface area contributed by atoms with E-state index in [1.165, 1.54) is 41.3 Å². The molecule has 1 N–H and O–H groups in total. The molecule has 0 aromatic heterocycles. The van der Waals surface area contributed by atoms with E-state index in [1.807, 2.05) is 0 Å². The molecular weight excluding hydrogens is 473 g/mol. The molecule has 1 unspecified atom stereocenters. The van der Waals surface area contributed by atoms with Crippen LogP contribution in [-0.4, -0.2) is 41.5 Å². The van der Waals surface area contributed by atoms with Crippen molar-refractivity contribution in [2.45, 2.75) is 58.0 Å². The second-order valence-corrected chi connectivity index (χ2v) is 9.32. The molecule has 3 rings (SSSR count). The van der Waals surface area contributed by atoms with Crippen LogP contribution in [0, 0.1) is 0 Å². The number of likely N-dealkylation sites (tertiary alicyclic amines) is 1. The van der Waals surface area contributed by atoms with Gasteiger partial charge in [0.25, 0.3) is 0 Å². The fourth-order valence-corrected chi connectivity index (χ4v) is 3.97. The average Bonchev–Trinajstić information content (AvgIpc) is 2.72. The molecule has 6 nitrogen and oxygen atoms in total. The average molecular weight is 499 g/mol. The van der Waals surface area contributed by atoms with Gasteiger partial charge in [-0.05, 0) is 58.2 Å². The van der Waals surface area contributed by atoms with Crippen molar-refractivity contribution in [3.05, 3.63) is 47.5 Å². The Morgan fingerprint density at radius 1 is 1.06 bits per heavy atom. The summed E-state index contributed by atoms with van der Waals surface area (Å²) in [4.78, 5) is 27.0.